The van der Waals surface area contributed by atoms with Crippen molar-refractivity contribution in [2.75, 3.05) is 7.11 Å². The van der Waals surface area contributed by atoms with Crippen LogP contribution in [0.1, 0.15) is 5.69 Å². The predicted molar refractivity (Wildman–Crippen MR) is 48.1 cm³/mol. The number of carbonyl (C=O) groups is 1. The third kappa shape index (κ3) is 3.21. The predicted octanol–water partition coefficient (Wildman–Crippen LogP) is 1.32. The highest BCUT2D eigenvalue weighted by molar-refractivity contribution is 6.29. The molecule has 0 N–H and O–H groups in total. The van der Waals surface area contributed by atoms with E-state index >= 15 is 0 Å². The van der Waals surface area contributed by atoms with Gasteiger partial charge in [0.15, 0.2) is 0 Å². The molecule has 0 fully saturated rings. The molecule has 0 amide bonds. The van der Waals surface area contributed by atoms with Crippen molar-refractivity contribution < 1.29 is 9.53 Å². The summed E-state index contributed by atoms with van der Waals surface area (Å²) in [6.45, 7) is 0. The molecule has 1 aromatic heterocycles. The lowest BCUT2D eigenvalue weighted by Gasteiger charge is -1.91. The molecule has 0 bridgehead atoms. The van der Waals surface area contributed by atoms with Crippen LogP contribution < -0.4 is 0 Å². The molecule has 0 spiro atoms. The third-order valence-corrected chi connectivity index (χ3v) is 1.43. The molecule has 5 heteroatoms. The largest absolute Gasteiger partial charge is 0.466 e. The van der Waals surface area contributed by atoms with E-state index in [4.69, 9.17) is 11.6 Å². The van der Waals surface area contributed by atoms with Crippen LogP contribution in [0.25, 0.3) is 6.08 Å². The number of rotatable bonds is 2. The number of methoxy groups -OCH3 is 1. The van der Waals surface area contributed by atoms with Gasteiger partial charge in [0.05, 0.1) is 25.2 Å². The summed E-state index contributed by atoms with van der Waals surface area (Å²) in [5, 5.41) is 0.315. The molecule has 0 saturated heterocycles. The summed E-state index contributed by atoms with van der Waals surface area (Å²) in [5.74, 6) is -0.434. The second kappa shape index (κ2) is 4.57. The van der Waals surface area contributed by atoms with Crippen molar-refractivity contribution in [1.29, 1.82) is 0 Å². The van der Waals surface area contributed by atoms with Gasteiger partial charge in [0.1, 0.15) is 5.15 Å². The Morgan fingerprint density at radius 2 is 2.31 bits per heavy atom. The van der Waals surface area contributed by atoms with Crippen LogP contribution in [0.15, 0.2) is 18.5 Å². The summed E-state index contributed by atoms with van der Waals surface area (Å²) in [7, 11) is 1.31. The lowest BCUT2D eigenvalue weighted by atomic mass is 10.4. The van der Waals surface area contributed by atoms with E-state index in [-0.39, 0.29) is 0 Å². The Balaban J connectivity index is 2.69. The van der Waals surface area contributed by atoms with Crippen LogP contribution in [0.3, 0.4) is 0 Å². The van der Waals surface area contributed by atoms with E-state index in [1.165, 1.54) is 31.7 Å². The molecule has 13 heavy (non-hydrogen) atoms. The highest BCUT2D eigenvalue weighted by atomic mass is 35.5. The molecule has 1 rings (SSSR count). The topological polar surface area (TPSA) is 52.1 Å². The number of nitrogens with zero attached hydrogens (tertiary/aromatic N) is 2. The average Bonchev–Trinajstić information content (AvgIpc) is 2.16. The van der Waals surface area contributed by atoms with E-state index < -0.39 is 5.97 Å². The fourth-order valence-corrected chi connectivity index (χ4v) is 0.727. The maximum atomic E-state index is 10.7. The van der Waals surface area contributed by atoms with Crippen molar-refractivity contribution in [3.05, 3.63) is 29.3 Å². The number of hydrogen-bond acceptors (Lipinski definition) is 4. The normalized spacial score (nSPS) is 10.3. The first kappa shape index (κ1) is 9.67. The molecule has 0 unspecified atom stereocenters. The smallest absolute Gasteiger partial charge is 0.330 e. The molecular formula is C8H7ClN2O2. The summed E-state index contributed by atoms with van der Waals surface area (Å²) >= 11 is 5.51. The second-order valence-electron chi connectivity index (χ2n) is 2.12. The monoisotopic (exact) mass is 198 g/mol. The van der Waals surface area contributed by atoms with Crippen LogP contribution in [-0.2, 0) is 9.53 Å². The molecule has 4 nitrogen and oxygen atoms in total. The first-order valence-corrected chi connectivity index (χ1v) is 3.84. The summed E-state index contributed by atoms with van der Waals surface area (Å²) in [6, 6.07) is 0. The van der Waals surface area contributed by atoms with Gasteiger partial charge in [0, 0.05) is 6.08 Å². The quantitative estimate of drug-likeness (QED) is 0.531. The minimum Gasteiger partial charge on any atom is -0.466 e. The lowest BCUT2D eigenvalue weighted by Crippen LogP contribution is -1.93. The van der Waals surface area contributed by atoms with Crippen LogP contribution in [0.5, 0.6) is 0 Å². The van der Waals surface area contributed by atoms with Crippen LogP contribution in [-0.4, -0.2) is 23.0 Å². The minimum atomic E-state index is -0.434. The highest BCUT2D eigenvalue weighted by Gasteiger charge is 1.93. The van der Waals surface area contributed by atoms with Crippen LogP contribution in [0.4, 0.5) is 0 Å². The summed E-state index contributed by atoms with van der Waals surface area (Å²) in [4.78, 5) is 18.3. The first-order valence-electron chi connectivity index (χ1n) is 3.46. The van der Waals surface area contributed by atoms with Crippen LogP contribution >= 0.6 is 11.6 Å². The minimum absolute atomic E-state index is 0.315. The molecular weight excluding hydrogens is 192 g/mol. The summed E-state index contributed by atoms with van der Waals surface area (Å²) in [5.41, 5.74) is 0.551. The van der Waals surface area contributed by atoms with Gasteiger partial charge in [-0.15, -0.1) is 0 Å². The van der Waals surface area contributed by atoms with Gasteiger partial charge in [0.2, 0.25) is 0 Å². The van der Waals surface area contributed by atoms with Crippen molar-refractivity contribution in [2.24, 2.45) is 0 Å². The molecule has 1 heterocycles. The van der Waals surface area contributed by atoms with Crippen molar-refractivity contribution in [3.63, 3.8) is 0 Å². The van der Waals surface area contributed by atoms with Gasteiger partial charge in [-0.2, -0.15) is 0 Å². The molecule has 0 radical (unpaired) electrons. The highest BCUT2D eigenvalue weighted by Crippen LogP contribution is 2.02. The Labute approximate surface area is 80.2 Å². The number of halogens is 1. The van der Waals surface area contributed by atoms with Crippen molar-refractivity contribution in [2.45, 2.75) is 0 Å². The molecule has 0 atom stereocenters. The second-order valence-corrected chi connectivity index (χ2v) is 2.51. The molecule has 1 aromatic rings. The van der Waals surface area contributed by atoms with E-state index in [0.29, 0.717) is 10.8 Å². The summed E-state index contributed by atoms with van der Waals surface area (Å²) < 4.78 is 4.40. The summed E-state index contributed by atoms with van der Waals surface area (Å²) in [6.07, 6.45) is 5.62. The number of aromatic nitrogens is 2. The standard InChI is InChI=1S/C8H7ClN2O2/c1-13-8(12)3-2-6-4-11-7(9)5-10-6/h2-5H,1H3. The van der Waals surface area contributed by atoms with Crippen molar-refractivity contribution in [3.8, 4) is 0 Å². The molecule has 0 aromatic carbocycles. The van der Waals surface area contributed by atoms with Crippen LogP contribution in [0, 0.1) is 0 Å². The zero-order chi connectivity index (χ0) is 9.68. The Hall–Kier alpha value is -1.42. The number of carbonyl (C=O) groups excluding carboxylic acids is 1. The lowest BCUT2D eigenvalue weighted by molar-refractivity contribution is -0.134. The fourth-order valence-electron chi connectivity index (χ4n) is 0.630. The van der Waals surface area contributed by atoms with E-state index in [0.717, 1.165) is 0 Å². The molecule has 0 saturated carbocycles. The Morgan fingerprint density at radius 3 is 2.85 bits per heavy atom. The maximum absolute atomic E-state index is 10.7. The van der Waals surface area contributed by atoms with Gasteiger partial charge in [-0.05, 0) is 6.08 Å². The fraction of sp³-hybridized carbons (Fsp3) is 0.125. The van der Waals surface area contributed by atoms with Crippen LogP contribution in [0.2, 0.25) is 5.15 Å². The zero-order valence-electron chi connectivity index (χ0n) is 6.90. The van der Waals surface area contributed by atoms with E-state index in [1.807, 2.05) is 0 Å². The Morgan fingerprint density at radius 1 is 1.54 bits per heavy atom. The van der Waals surface area contributed by atoms with Gasteiger partial charge in [-0.3, -0.25) is 4.98 Å². The molecule has 0 aliphatic rings. The average molecular weight is 199 g/mol. The molecule has 0 aliphatic carbocycles. The number of hydrogen-bond donors (Lipinski definition) is 0. The van der Waals surface area contributed by atoms with E-state index in [9.17, 15) is 4.79 Å². The first-order chi connectivity index (χ1) is 6.22. The number of esters is 1. The maximum Gasteiger partial charge on any atom is 0.330 e. The number of ether oxygens (including phenoxy) is 1. The SMILES string of the molecule is COC(=O)C=Cc1cnc(Cl)cn1. The van der Waals surface area contributed by atoms with Gasteiger partial charge < -0.3 is 4.74 Å². The Kier molecular flexibility index (Phi) is 3.40. The van der Waals surface area contributed by atoms with Crippen molar-refractivity contribution >= 4 is 23.6 Å². The molecule has 68 valence electrons. The van der Waals surface area contributed by atoms with E-state index in [1.54, 1.807) is 0 Å². The molecule has 0 aliphatic heterocycles. The third-order valence-electron chi connectivity index (χ3n) is 1.23. The zero-order valence-corrected chi connectivity index (χ0v) is 7.65. The van der Waals surface area contributed by atoms with Gasteiger partial charge in [0.25, 0.3) is 0 Å². The van der Waals surface area contributed by atoms with Gasteiger partial charge in [-0.1, -0.05) is 11.6 Å². The Bertz CT molecular complexity index is 321. The van der Waals surface area contributed by atoms with Crippen molar-refractivity contribution in [1.82, 2.24) is 9.97 Å². The van der Waals surface area contributed by atoms with E-state index in [2.05, 4.69) is 14.7 Å². The van der Waals surface area contributed by atoms with Gasteiger partial charge in [-0.25, -0.2) is 9.78 Å². The van der Waals surface area contributed by atoms with Gasteiger partial charge >= 0.3 is 5.97 Å².